The Labute approximate surface area is 154 Å². The van der Waals surface area contributed by atoms with Crippen molar-refractivity contribution in [3.05, 3.63) is 65.2 Å². The molecule has 0 aliphatic rings. The van der Waals surface area contributed by atoms with Crippen LogP contribution in [0.2, 0.25) is 0 Å². The zero-order valence-corrected chi connectivity index (χ0v) is 15.8. The highest BCUT2D eigenvalue weighted by molar-refractivity contribution is 6.09. The SMILES string of the molecule is CC(CO)Cc1cc(C(=O)c2ccccc2)ccc1OC(=O)C(C)(C)C. The van der Waals surface area contributed by atoms with Gasteiger partial charge in [-0.3, -0.25) is 9.59 Å². The van der Waals surface area contributed by atoms with E-state index in [9.17, 15) is 14.7 Å². The second-order valence-electron chi connectivity index (χ2n) is 7.65. The maximum absolute atomic E-state index is 12.7. The first kappa shape index (κ1) is 19.9. The molecule has 138 valence electrons. The summed E-state index contributed by atoms with van der Waals surface area (Å²) in [6, 6.07) is 14.1. The topological polar surface area (TPSA) is 63.6 Å². The molecular formula is C22H26O4. The van der Waals surface area contributed by atoms with Gasteiger partial charge in [-0.2, -0.15) is 0 Å². The van der Waals surface area contributed by atoms with Gasteiger partial charge in [-0.1, -0.05) is 37.3 Å². The third kappa shape index (κ3) is 5.02. The van der Waals surface area contributed by atoms with Crippen LogP contribution in [0.25, 0.3) is 0 Å². The van der Waals surface area contributed by atoms with Gasteiger partial charge >= 0.3 is 5.97 Å². The van der Waals surface area contributed by atoms with E-state index >= 15 is 0 Å². The smallest absolute Gasteiger partial charge is 0.316 e. The Kier molecular flexibility index (Phi) is 6.32. The van der Waals surface area contributed by atoms with Gasteiger partial charge in [0, 0.05) is 17.7 Å². The maximum atomic E-state index is 12.7. The summed E-state index contributed by atoms with van der Waals surface area (Å²) in [5.41, 5.74) is 1.25. The molecule has 1 unspecified atom stereocenters. The lowest BCUT2D eigenvalue weighted by Gasteiger charge is -2.19. The van der Waals surface area contributed by atoms with E-state index in [2.05, 4.69) is 0 Å². The predicted molar refractivity (Wildman–Crippen MR) is 101 cm³/mol. The van der Waals surface area contributed by atoms with Gasteiger partial charge in [0.25, 0.3) is 0 Å². The molecule has 2 aromatic carbocycles. The van der Waals surface area contributed by atoms with Gasteiger partial charge in [0.15, 0.2) is 5.78 Å². The highest BCUT2D eigenvalue weighted by Gasteiger charge is 2.25. The second kappa shape index (κ2) is 8.28. The quantitative estimate of drug-likeness (QED) is 0.483. The van der Waals surface area contributed by atoms with Crippen LogP contribution in [0.1, 0.15) is 49.2 Å². The number of rotatable bonds is 6. The maximum Gasteiger partial charge on any atom is 0.316 e. The summed E-state index contributed by atoms with van der Waals surface area (Å²) in [7, 11) is 0. The number of benzene rings is 2. The fraction of sp³-hybridized carbons (Fsp3) is 0.364. The van der Waals surface area contributed by atoms with Crippen LogP contribution in [0.5, 0.6) is 5.75 Å². The van der Waals surface area contributed by atoms with Crippen LogP contribution in [0.4, 0.5) is 0 Å². The number of hydrogen-bond donors (Lipinski definition) is 1. The number of hydrogen-bond acceptors (Lipinski definition) is 4. The van der Waals surface area contributed by atoms with E-state index in [1.54, 1.807) is 51.1 Å². The Morgan fingerprint density at radius 2 is 1.69 bits per heavy atom. The highest BCUT2D eigenvalue weighted by atomic mass is 16.5. The van der Waals surface area contributed by atoms with Crippen molar-refractivity contribution >= 4 is 11.8 Å². The number of carbonyl (C=O) groups excluding carboxylic acids is 2. The Bertz CT molecular complexity index is 772. The number of aliphatic hydroxyl groups is 1. The molecule has 4 heteroatoms. The summed E-state index contributed by atoms with van der Waals surface area (Å²) in [6.07, 6.45) is 0.513. The van der Waals surface area contributed by atoms with Crippen molar-refractivity contribution in [3.8, 4) is 5.75 Å². The molecule has 2 aromatic rings. The normalized spacial score (nSPS) is 12.5. The minimum Gasteiger partial charge on any atom is -0.426 e. The molecule has 2 rings (SSSR count). The van der Waals surface area contributed by atoms with Crippen LogP contribution in [0.3, 0.4) is 0 Å². The molecule has 0 aliphatic carbocycles. The molecule has 1 N–H and O–H groups in total. The Balaban J connectivity index is 2.37. The molecule has 4 nitrogen and oxygen atoms in total. The third-order valence-electron chi connectivity index (χ3n) is 4.05. The second-order valence-corrected chi connectivity index (χ2v) is 7.65. The predicted octanol–water partition coefficient (Wildman–Crippen LogP) is 4.04. The highest BCUT2D eigenvalue weighted by Crippen LogP contribution is 2.27. The van der Waals surface area contributed by atoms with Crippen LogP contribution in [-0.2, 0) is 11.2 Å². The third-order valence-corrected chi connectivity index (χ3v) is 4.05. The Hall–Kier alpha value is -2.46. The lowest BCUT2D eigenvalue weighted by Crippen LogP contribution is -2.26. The average molecular weight is 354 g/mol. The van der Waals surface area contributed by atoms with E-state index in [1.807, 2.05) is 25.1 Å². The van der Waals surface area contributed by atoms with Crippen molar-refractivity contribution in [3.63, 3.8) is 0 Å². The first-order chi connectivity index (χ1) is 12.2. The van der Waals surface area contributed by atoms with Crippen molar-refractivity contribution in [1.82, 2.24) is 0 Å². The van der Waals surface area contributed by atoms with E-state index in [0.717, 1.165) is 5.56 Å². The van der Waals surface area contributed by atoms with Gasteiger partial charge in [0.05, 0.1) is 5.41 Å². The van der Waals surface area contributed by atoms with Gasteiger partial charge in [0.1, 0.15) is 5.75 Å². The van der Waals surface area contributed by atoms with Crippen molar-refractivity contribution in [1.29, 1.82) is 0 Å². The molecule has 26 heavy (non-hydrogen) atoms. The van der Waals surface area contributed by atoms with Crippen LogP contribution < -0.4 is 4.74 Å². The number of esters is 1. The molecule has 0 fully saturated rings. The molecule has 1 atom stereocenters. The number of ether oxygens (including phenoxy) is 1. The summed E-state index contributed by atoms with van der Waals surface area (Å²) >= 11 is 0. The summed E-state index contributed by atoms with van der Waals surface area (Å²) in [4.78, 5) is 24.9. The van der Waals surface area contributed by atoms with Gasteiger partial charge in [-0.15, -0.1) is 0 Å². The van der Waals surface area contributed by atoms with Crippen LogP contribution >= 0.6 is 0 Å². The minimum absolute atomic E-state index is 0.0100. The zero-order chi connectivity index (χ0) is 19.3. The molecule has 0 aliphatic heterocycles. The van der Waals surface area contributed by atoms with E-state index in [-0.39, 0.29) is 24.3 Å². The fourth-order valence-electron chi connectivity index (χ4n) is 2.43. The standard InChI is InChI=1S/C22H26O4/c1-15(14-23)12-18-13-17(20(24)16-8-6-5-7-9-16)10-11-19(18)26-21(25)22(2,3)4/h5-11,13,15,23H,12,14H2,1-4H3. The minimum atomic E-state index is -0.627. The molecule has 0 radical (unpaired) electrons. The van der Waals surface area contributed by atoms with Crippen LogP contribution in [0.15, 0.2) is 48.5 Å². The van der Waals surface area contributed by atoms with Gasteiger partial charge in [-0.05, 0) is 56.9 Å². The summed E-state index contributed by atoms with van der Waals surface area (Å²) in [6.45, 7) is 7.29. The monoisotopic (exact) mass is 354 g/mol. The lowest BCUT2D eigenvalue weighted by molar-refractivity contribution is -0.143. The molecule has 0 aromatic heterocycles. The van der Waals surface area contributed by atoms with E-state index < -0.39 is 5.41 Å². The first-order valence-corrected chi connectivity index (χ1v) is 8.78. The number of aliphatic hydroxyl groups excluding tert-OH is 1. The summed E-state index contributed by atoms with van der Waals surface area (Å²) in [5.74, 6) is 0.00809. The zero-order valence-electron chi connectivity index (χ0n) is 15.8. The Morgan fingerprint density at radius 1 is 1.04 bits per heavy atom. The molecule has 0 bridgehead atoms. The van der Waals surface area contributed by atoms with Crippen molar-refractivity contribution in [2.24, 2.45) is 11.3 Å². The van der Waals surface area contributed by atoms with Gasteiger partial charge < -0.3 is 9.84 Å². The molecule has 0 spiro atoms. The van der Waals surface area contributed by atoms with Crippen molar-refractivity contribution in [2.75, 3.05) is 6.61 Å². The van der Waals surface area contributed by atoms with E-state index in [0.29, 0.717) is 23.3 Å². The van der Waals surface area contributed by atoms with Crippen molar-refractivity contribution in [2.45, 2.75) is 34.1 Å². The summed E-state index contributed by atoms with van der Waals surface area (Å²) < 4.78 is 5.56. The van der Waals surface area contributed by atoms with Gasteiger partial charge in [-0.25, -0.2) is 0 Å². The van der Waals surface area contributed by atoms with Crippen molar-refractivity contribution < 1.29 is 19.4 Å². The van der Waals surface area contributed by atoms with E-state index in [1.165, 1.54) is 0 Å². The van der Waals surface area contributed by atoms with Crippen LogP contribution in [-0.4, -0.2) is 23.5 Å². The van der Waals surface area contributed by atoms with E-state index in [4.69, 9.17) is 4.74 Å². The Morgan fingerprint density at radius 3 is 2.27 bits per heavy atom. The fourth-order valence-corrected chi connectivity index (χ4v) is 2.43. The lowest BCUT2D eigenvalue weighted by atomic mass is 9.95. The first-order valence-electron chi connectivity index (χ1n) is 8.78. The number of ketones is 1. The molecule has 0 saturated heterocycles. The van der Waals surface area contributed by atoms with Crippen LogP contribution in [0, 0.1) is 11.3 Å². The summed E-state index contributed by atoms with van der Waals surface area (Å²) in [5, 5.41) is 9.38. The molecule has 0 heterocycles. The molecular weight excluding hydrogens is 328 g/mol. The molecule has 0 saturated carbocycles. The number of carbonyl (C=O) groups is 2. The average Bonchev–Trinajstić information content (AvgIpc) is 2.62. The molecule has 0 amide bonds. The largest absolute Gasteiger partial charge is 0.426 e. The van der Waals surface area contributed by atoms with Gasteiger partial charge in [0.2, 0.25) is 0 Å².